The summed E-state index contributed by atoms with van der Waals surface area (Å²) in [6.07, 6.45) is 1.79. The van der Waals surface area contributed by atoms with E-state index in [1.165, 1.54) is 5.69 Å². The molecule has 0 spiro atoms. The first kappa shape index (κ1) is 12.1. The Morgan fingerprint density at radius 1 is 1.19 bits per heavy atom. The molecule has 0 amide bonds. The van der Waals surface area contributed by atoms with Crippen molar-refractivity contribution in [2.45, 2.75) is 20.0 Å². The zero-order valence-electron chi connectivity index (χ0n) is 11.8. The average molecular weight is 280 g/mol. The molecule has 21 heavy (non-hydrogen) atoms. The van der Waals surface area contributed by atoms with Crippen molar-refractivity contribution in [3.63, 3.8) is 0 Å². The van der Waals surface area contributed by atoms with E-state index in [0.29, 0.717) is 0 Å². The lowest BCUT2D eigenvalue weighted by Crippen LogP contribution is -2.33. The normalized spacial score (nSPS) is 14.4. The van der Waals surface area contributed by atoms with E-state index in [0.717, 1.165) is 47.7 Å². The molecule has 6 heteroatoms. The smallest absolute Gasteiger partial charge is 0.152 e. The van der Waals surface area contributed by atoms with Crippen LogP contribution in [0.4, 0.5) is 11.4 Å². The molecule has 0 bridgehead atoms. The van der Waals surface area contributed by atoms with E-state index < -0.39 is 0 Å². The molecule has 4 rings (SSSR count). The molecule has 1 aromatic carbocycles. The van der Waals surface area contributed by atoms with Crippen molar-refractivity contribution in [3.8, 4) is 0 Å². The molecule has 106 valence electrons. The van der Waals surface area contributed by atoms with Gasteiger partial charge in [-0.2, -0.15) is 0 Å². The largest absolute Gasteiger partial charge is 0.399 e. The highest BCUT2D eigenvalue weighted by molar-refractivity contribution is 5.94. The van der Waals surface area contributed by atoms with Gasteiger partial charge in [0, 0.05) is 35.5 Å². The predicted molar refractivity (Wildman–Crippen MR) is 82.0 cm³/mol. The summed E-state index contributed by atoms with van der Waals surface area (Å²) < 4.78 is 2.10. The summed E-state index contributed by atoms with van der Waals surface area (Å²) in [5, 5.41) is 9.25. The molecule has 1 aliphatic heterocycles. The van der Waals surface area contributed by atoms with E-state index in [1.54, 1.807) is 6.33 Å². The van der Waals surface area contributed by atoms with Crippen LogP contribution < -0.4 is 10.6 Å². The van der Waals surface area contributed by atoms with Crippen LogP contribution in [0.3, 0.4) is 0 Å². The average Bonchev–Trinajstić information content (AvgIpc) is 2.94. The third-order valence-electron chi connectivity index (χ3n) is 3.92. The molecule has 3 aromatic rings. The SMILES string of the molecule is Cc1cc(N2CCn3cnnc3C2)c2cc(N)ccc2n1. The minimum absolute atomic E-state index is 0.757. The number of fused-ring (bicyclic) bond motifs is 2. The van der Waals surface area contributed by atoms with Crippen LogP contribution in [0.5, 0.6) is 0 Å². The number of benzene rings is 1. The first-order chi connectivity index (χ1) is 10.2. The van der Waals surface area contributed by atoms with Gasteiger partial charge in [0.25, 0.3) is 0 Å². The molecule has 0 fully saturated rings. The Bertz CT molecular complexity index is 822. The summed E-state index contributed by atoms with van der Waals surface area (Å²) in [5.74, 6) is 0.993. The number of nitrogens with zero attached hydrogens (tertiary/aromatic N) is 5. The molecule has 3 heterocycles. The van der Waals surface area contributed by atoms with Crippen LogP contribution in [0.15, 0.2) is 30.6 Å². The number of rotatable bonds is 1. The molecule has 0 saturated carbocycles. The van der Waals surface area contributed by atoms with Crippen LogP contribution in [0.2, 0.25) is 0 Å². The van der Waals surface area contributed by atoms with Gasteiger partial charge >= 0.3 is 0 Å². The lowest BCUT2D eigenvalue weighted by Gasteiger charge is -2.30. The van der Waals surface area contributed by atoms with Crippen molar-refractivity contribution >= 4 is 22.3 Å². The summed E-state index contributed by atoms with van der Waals surface area (Å²) in [6, 6.07) is 7.99. The zero-order valence-corrected chi connectivity index (χ0v) is 11.8. The second-order valence-corrected chi connectivity index (χ2v) is 5.42. The van der Waals surface area contributed by atoms with Gasteiger partial charge in [0.2, 0.25) is 0 Å². The van der Waals surface area contributed by atoms with Gasteiger partial charge in [-0.25, -0.2) is 0 Å². The maximum absolute atomic E-state index is 5.95. The van der Waals surface area contributed by atoms with E-state index in [2.05, 4.69) is 30.7 Å². The highest BCUT2D eigenvalue weighted by Crippen LogP contribution is 2.30. The molecule has 2 N–H and O–H groups in total. The van der Waals surface area contributed by atoms with Gasteiger partial charge in [-0.15, -0.1) is 10.2 Å². The Labute approximate surface area is 122 Å². The summed E-state index contributed by atoms with van der Waals surface area (Å²) in [5.41, 5.74) is 9.86. The van der Waals surface area contributed by atoms with Crippen molar-refractivity contribution < 1.29 is 0 Å². The lowest BCUT2D eigenvalue weighted by molar-refractivity contribution is 0.561. The molecule has 2 aromatic heterocycles. The Hall–Kier alpha value is -2.63. The molecule has 0 atom stereocenters. The molecule has 0 unspecified atom stereocenters. The van der Waals surface area contributed by atoms with Crippen LogP contribution >= 0.6 is 0 Å². The Morgan fingerprint density at radius 2 is 2.10 bits per heavy atom. The summed E-state index contributed by atoms with van der Waals surface area (Å²) in [4.78, 5) is 6.91. The summed E-state index contributed by atoms with van der Waals surface area (Å²) >= 11 is 0. The van der Waals surface area contributed by atoms with Crippen LogP contribution in [0.25, 0.3) is 10.9 Å². The highest BCUT2D eigenvalue weighted by atomic mass is 15.3. The minimum Gasteiger partial charge on any atom is -0.399 e. The first-order valence-electron chi connectivity index (χ1n) is 6.99. The van der Waals surface area contributed by atoms with Gasteiger partial charge in [0.1, 0.15) is 6.33 Å². The van der Waals surface area contributed by atoms with E-state index in [9.17, 15) is 0 Å². The number of nitrogen functional groups attached to an aromatic ring is 1. The van der Waals surface area contributed by atoms with Crippen molar-refractivity contribution in [1.29, 1.82) is 0 Å². The Morgan fingerprint density at radius 3 is 3.00 bits per heavy atom. The molecule has 6 nitrogen and oxygen atoms in total. The number of hydrogen-bond acceptors (Lipinski definition) is 5. The summed E-state index contributed by atoms with van der Waals surface area (Å²) in [7, 11) is 0. The summed E-state index contributed by atoms with van der Waals surface area (Å²) in [6.45, 7) is 4.60. The van der Waals surface area contributed by atoms with Gasteiger partial charge in [0.15, 0.2) is 5.82 Å². The maximum atomic E-state index is 5.95. The van der Waals surface area contributed by atoms with Gasteiger partial charge in [-0.05, 0) is 31.2 Å². The molecular formula is C15H16N6. The van der Waals surface area contributed by atoms with E-state index in [4.69, 9.17) is 5.73 Å². The monoisotopic (exact) mass is 280 g/mol. The molecule has 0 aliphatic carbocycles. The fraction of sp³-hybridized carbons (Fsp3) is 0.267. The third kappa shape index (κ3) is 1.99. The number of anilines is 2. The lowest BCUT2D eigenvalue weighted by atomic mass is 10.1. The first-order valence-corrected chi connectivity index (χ1v) is 6.99. The minimum atomic E-state index is 0.757. The highest BCUT2D eigenvalue weighted by Gasteiger charge is 2.20. The maximum Gasteiger partial charge on any atom is 0.152 e. The number of hydrogen-bond donors (Lipinski definition) is 1. The predicted octanol–water partition coefficient (Wildman–Crippen LogP) is 1.74. The van der Waals surface area contributed by atoms with Crippen LogP contribution in [0, 0.1) is 6.92 Å². The van der Waals surface area contributed by atoms with E-state index in [1.807, 2.05) is 25.1 Å². The van der Waals surface area contributed by atoms with Crippen molar-refractivity contribution in [2.75, 3.05) is 17.2 Å². The Kier molecular flexibility index (Phi) is 2.57. The number of aromatic nitrogens is 4. The Balaban J connectivity index is 1.85. The van der Waals surface area contributed by atoms with Crippen molar-refractivity contribution in [1.82, 2.24) is 19.7 Å². The second-order valence-electron chi connectivity index (χ2n) is 5.42. The quantitative estimate of drug-likeness (QED) is 0.687. The number of aryl methyl sites for hydroxylation is 1. The van der Waals surface area contributed by atoms with Gasteiger partial charge in [-0.1, -0.05) is 0 Å². The van der Waals surface area contributed by atoms with Gasteiger partial charge in [0.05, 0.1) is 12.1 Å². The number of pyridine rings is 1. The molecule has 0 radical (unpaired) electrons. The topological polar surface area (TPSA) is 72.9 Å². The second kappa shape index (κ2) is 4.44. The molecular weight excluding hydrogens is 264 g/mol. The van der Waals surface area contributed by atoms with Crippen molar-refractivity contribution in [2.24, 2.45) is 0 Å². The van der Waals surface area contributed by atoms with E-state index in [-0.39, 0.29) is 0 Å². The van der Waals surface area contributed by atoms with E-state index >= 15 is 0 Å². The molecule has 1 aliphatic rings. The standard InChI is InChI=1S/C15H16N6/c1-10-6-14(12-7-11(16)2-3-13(12)18-10)20-4-5-21-9-17-19-15(21)8-20/h2-3,6-7,9H,4-5,8,16H2,1H3. The molecule has 0 saturated heterocycles. The fourth-order valence-corrected chi connectivity index (χ4v) is 2.89. The number of nitrogens with two attached hydrogens (primary N) is 1. The van der Waals surface area contributed by atoms with Gasteiger partial charge in [-0.3, -0.25) is 4.98 Å². The van der Waals surface area contributed by atoms with Crippen LogP contribution in [-0.2, 0) is 13.1 Å². The van der Waals surface area contributed by atoms with Crippen molar-refractivity contribution in [3.05, 3.63) is 42.1 Å². The van der Waals surface area contributed by atoms with Gasteiger partial charge < -0.3 is 15.2 Å². The third-order valence-corrected chi connectivity index (χ3v) is 3.92. The van der Waals surface area contributed by atoms with Crippen LogP contribution in [0.1, 0.15) is 11.5 Å². The zero-order chi connectivity index (χ0) is 14.4. The van der Waals surface area contributed by atoms with Crippen LogP contribution in [-0.4, -0.2) is 26.3 Å². The fourth-order valence-electron chi connectivity index (χ4n) is 2.89.